The Kier molecular flexibility index (Phi) is 8.39. The Labute approximate surface area is 188 Å². The van der Waals surface area contributed by atoms with Crippen LogP contribution in [-0.4, -0.2) is 31.3 Å². The van der Waals surface area contributed by atoms with E-state index in [1.54, 1.807) is 62.6 Å². The van der Waals surface area contributed by atoms with E-state index in [9.17, 15) is 9.18 Å². The van der Waals surface area contributed by atoms with Gasteiger partial charge in [-0.2, -0.15) is 0 Å². The summed E-state index contributed by atoms with van der Waals surface area (Å²) in [5.41, 5.74) is 2.99. The fraction of sp³-hybridized carbons (Fsp3) is 0.360. The molecule has 1 unspecified atom stereocenters. The Morgan fingerprint density at radius 3 is 2.38 bits per heavy atom. The normalized spacial score (nSPS) is 14.1. The third-order valence-electron chi connectivity index (χ3n) is 5.30. The summed E-state index contributed by atoms with van der Waals surface area (Å²) in [5, 5.41) is 9.85. The van der Waals surface area contributed by atoms with Crippen molar-refractivity contribution in [3.63, 3.8) is 0 Å². The van der Waals surface area contributed by atoms with Gasteiger partial charge in [-0.05, 0) is 63.5 Å². The highest BCUT2D eigenvalue weighted by molar-refractivity contribution is 5.95. The van der Waals surface area contributed by atoms with Crippen LogP contribution in [0.5, 0.6) is 5.75 Å². The number of rotatable bonds is 5. The molecule has 0 radical (unpaired) electrons. The summed E-state index contributed by atoms with van der Waals surface area (Å²) < 4.78 is 25.0. The third-order valence-corrected chi connectivity index (χ3v) is 5.30. The molecule has 0 bridgehead atoms. The van der Waals surface area contributed by atoms with Crippen molar-refractivity contribution in [1.82, 2.24) is 10.5 Å². The predicted octanol–water partition coefficient (Wildman–Crippen LogP) is 5.38. The summed E-state index contributed by atoms with van der Waals surface area (Å²) in [4.78, 5) is 12.3. The molecule has 1 aliphatic heterocycles. The number of anilines is 1. The SMILES string of the molecule is C1CCNCC1.COc1ccc(NC(=O)C(F)c2ccccc2)cc1-c1c(C)noc1C. The zero-order valence-corrected chi connectivity index (χ0v) is 18.8. The lowest BCUT2D eigenvalue weighted by atomic mass is 10.0. The lowest BCUT2D eigenvalue weighted by Gasteiger charge is -2.13. The minimum absolute atomic E-state index is 0.310. The van der Waals surface area contributed by atoms with Gasteiger partial charge < -0.3 is 19.9 Å². The number of nitrogens with zero attached hydrogens (tertiary/aromatic N) is 1. The van der Waals surface area contributed by atoms with E-state index in [-0.39, 0.29) is 0 Å². The zero-order valence-electron chi connectivity index (χ0n) is 18.8. The van der Waals surface area contributed by atoms with Gasteiger partial charge in [-0.25, -0.2) is 4.39 Å². The Hall–Kier alpha value is -3.19. The smallest absolute Gasteiger partial charge is 0.263 e. The first kappa shape index (κ1) is 23.5. The Morgan fingerprint density at radius 2 is 1.84 bits per heavy atom. The molecule has 1 aliphatic rings. The van der Waals surface area contributed by atoms with E-state index >= 15 is 0 Å². The summed E-state index contributed by atoms with van der Waals surface area (Å²) >= 11 is 0. The predicted molar refractivity (Wildman–Crippen MR) is 124 cm³/mol. The summed E-state index contributed by atoms with van der Waals surface area (Å²) in [6.45, 7) is 6.12. The molecular weight excluding hydrogens is 409 g/mol. The molecule has 6 nitrogen and oxygen atoms in total. The van der Waals surface area contributed by atoms with Crippen molar-refractivity contribution >= 4 is 11.6 Å². The minimum atomic E-state index is -1.75. The number of nitrogens with one attached hydrogen (secondary N) is 2. The van der Waals surface area contributed by atoms with Crippen LogP contribution in [0.15, 0.2) is 53.1 Å². The van der Waals surface area contributed by atoms with Crippen molar-refractivity contribution in [1.29, 1.82) is 0 Å². The van der Waals surface area contributed by atoms with Gasteiger partial charge in [-0.1, -0.05) is 41.9 Å². The average molecular weight is 440 g/mol. The first-order chi connectivity index (χ1) is 15.5. The molecule has 0 saturated carbocycles. The second-order valence-corrected chi connectivity index (χ2v) is 7.69. The van der Waals surface area contributed by atoms with Crippen LogP contribution in [0.4, 0.5) is 10.1 Å². The van der Waals surface area contributed by atoms with Gasteiger partial charge in [0.2, 0.25) is 6.17 Å². The number of carbonyl (C=O) groups excluding carboxylic acids is 1. The van der Waals surface area contributed by atoms with Gasteiger partial charge in [0.25, 0.3) is 5.91 Å². The van der Waals surface area contributed by atoms with Crippen molar-refractivity contribution in [2.75, 3.05) is 25.5 Å². The number of ether oxygens (including phenoxy) is 1. The molecule has 2 N–H and O–H groups in total. The molecule has 32 heavy (non-hydrogen) atoms. The summed E-state index contributed by atoms with van der Waals surface area (Å²) in [5.74, 6) is 0.514. The Bertz CT molecular complexity index is 986. The number of aryl methyl sites for hydroxylation is 2. The molecule has 1 saturated heterocycles. The molecule has 1 fully saturated rings. The summed E-state index contributed by atoms with van der Waals surface area (Å²) in [6, 6.07) is 13.4. The Balaban J connectivity index is 0.000000416. The second kappa shape index (κ2) is 11.4. The monoisotopic (exact) mass is 439 g/mol. The maximum absolute atomic E-state index is 14.4. The van der Waals surface area contributed by atoms with Crippen molar-refractivity contribution < 1.29 is 18.4 Å². The van der Waals surface area contributed by atoms with Crippen LogP contribution in [0.25, 0.3) is 11.1 Å². The zero-order chi connectivity index (χ0) is 22.9. The second-order valence-electron chi connectivity index (χ2n) is 7.69. The van der Waals surface area contributed by atoms with Crippen LogP contribution >= 0.6 is 0 Å². The standard InChI is InChI=1S/C20H19FN2O3.C5H11N/c1-12-18(13(2)26-23-12)16-11-15(9-10-17(16)25-3)22-20(24)19(21)14-7-5-4-6-8-14;1-2-4-6-5-3-1/h4-11,19H,1-3H3,(H,22,24);6H,1-5H2. The lowest BCUT2D eigenvalue weighted by molar-refractivity contribution is -0.121. The molecule has 1 amide bonds. The number of alkyl halides is 1. The van der Waals surface area contributed by atoms with Crippen molar-refractivity contribution in [3.05, 3.63) is 65.5 Å². The van der Waals surface area contributed by atoms with Crippen LogP contribution in [-0.2, 0) is 4.79 Å². The van der Waals surface area contributed by atoms with Gasteiger partial charge in [0.1, 0.15) is 11.5 Å². The molecule has 4 rings (SSSR count). The molecule has 7 heteroatoms. The number of halogens is 1. The van der Waals surface area contributed by atoms with Gasteiger partial charge in [0.15, 0.2) is 0 Å². The number of piperidine rings is 1. The van der Waals surface area contributed by atoms with E-state index in [0.717, 1.165) is 11.1 Å². The van der Waals surface area contributed by atoms with E-state index in [2.05, 4.69) is 15.8 Å². The number of benzene rings is 2. The molecule has 3 aromatic rings. The van der Waals surface area contributed by atoms with Crippen LogP contribution in [0.1, 0.15) is 42.5 Å². The van der Waals surface area contributed by atoms with Gasteiger partial charge in [0, 0.05) is 11.3 Å². The number of hydrogen-bond donors (Lipinski definition) is 2. The van der Waals surface area contributed by atoms with E-state index in [1.165, 1.54) is 32.4 Å². The summed E-state index contributed by atoms with van der Waals surface area (Å²) in [6.07, 6.45) is 2.47. The van der Waals surface area contributed by atoms with Crippen molar-refractivity contribution in [3.8, 4) is 16.9 Å². The lowest BCUT2D eigenvalue weighted by Crippen LogP contribution is -2.21. The number of aromatic nitrogens is 1. The quantitative estimate of drug-likeness (QED) is 0.558. The van der Waals surface area contributed by atoms with Gasteiger partial charge >= 0.3 is 0 Å². The van der Waals surface area contributed by atoms with Crippen LogP contribution in [0.3, 0.4) is 0 Å². The highest BCUT2D eigenvalue weighted by Gasteiger charge is 2.21. The number of amides is 1. The molecule has 1 atom stereocenters. The first-order valence-corrected chi connectivity index (χ1v) is 10.8. The molecule has 0 aliphatic carbocycles. The molecule has 0 spiro atoms. The maximum Gasteiger partial charge on any atom is 0.263 e. The third kappa shape index (κ3) is 5.95. The van der Waals surface area contributed by atoms with E-state index in [0.29, 0.717) is 28.5 Å². The average Bonchev–Trinajstić information content (AvgIpc) is 3.18. The van der Waals surface area contributed by atoms with Crippen LogP contribution in [0, 0.1) is 13.8 Å². The van der Waals surface area contributed by atoms with Gasteiger partial charge in [0.05, 0.1) is 18.4 Å². The number of hydrogen-bond acceptors (Lipinski definition) is 5. The van der Waals surface area contributed by atoms with Crippen LogP contribution < -0.4 is 15.4 Å². The topological polar surface area (TPSA) is 76.4 Å². The molecule has 2 aromatic carbocycles. The largest absolute Gasteiger partial charge is 0.496 e. The number of carbonyl (C=O) groups is 1. The van der Waals surface area contributed by atoms with Gasteiger partial charge in [-0.3, -0.25) is 4.79 Å². The highest BCUT2D eigenvalue weighted by atomic mass is 19.1. The van der Waals surface area contributed by atoms with E-state index in [4.69, 9.17) is 9.26 Å². The van der Waals surface area contributed by atoms with E-state index < -0.39 is 12.1 Å². The first-order valence-electron chi connectivity index (χ1n) is 10.8. The van der Waals surface area contributed by atoms with Crippen LogP contribution in [0.2, 0.25) is 0 Å². The fourth-order valence-corrected chi connectivity index (χ4v) is 3.63. The summed E-state index contributed by atoms with van der Waals surface area (Å²) in [7, 11) is 1.56. The molecule has 170 valence electrons. The van der Waals surface area contributed by atoms with Crippen molar-refractivity contribution in [2.24, 2.45) is 0 Å². The fourth-order valence-electron chi connectivity index (χ4n) is 3.63. The molecule has 2 heterocycles. The Morgan fingerprint density at radius 1 is 1.12 bits per heavy atom. The highest BCUT2D eigenvalue weighted by Crippen LogP contribution is 2.36. The maximum atomic E-state index is 14.4. The van der Waals surface area contributed by atoms with E-state index in [1.807, 2.05) is 6.92 Å². The van der Waals surface area contributed by atoms with Crippen molar-refractivity contribution in [2.45, 2.75) is 39.3 Å². The minimum Gasteiger partial charge on any atom is -0.496 e. The van der Waals surface area contributed by atoms with Gasteiger partial charge in [-0.15, -0.1) is 0 Å². The molecule has 1 aromatic heterocycles. The molecular formula is C25H30FN3O3. The number of methoxy groups -OCH3 is 1.